The molecule has 0 unspecified atom stereocenters. The number of hydrogen-bond donors (Lipinski definition) is 1. The van der Waals surface area contributed by atoms with Crippen molar-refractivity contribution in [3.05, 3.63) is 51.7 Å². The van der Waals surface area contributed by atoms with Crippen molar-refractivity contribution in [2.75, 3.05) is 0 Å². The van der Waals surface area contributed by atoms with E-state index in [1.807, 2.05) is 5.38 Å². The van der Waals surface area contributed by atoms with E-state index in [2.05, 4.69) is 24.1 Å². The number of carbonyl (C=O) groups is 1. The monoisotopic (exact) mass is 292 g/mol. The van der Waals surface area contributed by atoms with Gasteiger partial charge in [0, 0.05) is 17.8 Å². The van der Waals surface area contributed by atoms with Crippen LogP contribution in [-0.4, -0.2) is 10.9 Å². The number of halogens is 1. The maximum absolute atomic E-state index is 12.7. The van der Waals surface area contributed by atoms with Gasteiger partial charge in [-0.3, -0.25) is 4.79 Å². The Morgan fingerprint density at radius 2 is 2.05 bits per heavy atom. The van der Waals surface area contributed by atoms with Crippen molar-refractivity contribution in [1.82, 2.24) is 10.3 Å². The summed E-state index contributed by atoms with van der Waals surface area (Å²) in [5.41, 5.74) is 1.68. The van der Waals surface area contributed by atoms with Gasteiger partial charge < -0.3 is 5.32 Å². The number of nitrogens with zero attached hydrogens (tertiary/aromatic N) is 1. The van der Waals surface area contributed by atoms with Crippen molar-refractivity contribution in [3.63, 3.8) is 0 Å². The topological polar surface area (TPSA) is 42.0 Å². The highest BCUT2D eigenvalue weighted by Gasteiger charge is 2.09. The second-order valence-corrected chi connectivity index (χ2v) is 5.80. The largest absolute Gasteiger partial charge is 0.352 e. The van der Waals surface area contributed by atoms with Gasteiger partial charge in [0.1, 0.15) is 5.82 Å². The summed E-state index contributed by atoms with van der Waals surface area (Å²) < 4.78 is 12.7. The van der Waals surface area contributed by atoms with E-state index in [1.54, 1.807) is 23.5 Å². The standard InChI is InChI=1S/C15H17FN2OS/c1-10(2)15-18-13(9-20-15)7-14(19)17-8-11-3-5-12(16)6-4-11/h3-6,9-10H,7-8H2,1-2H3,(H,17,19). The minimum absolute atomic E-state index is 0.0741. The van der Waals surface area contributed by atoms with E-state index in [4.69, 9.17) is 0 Å². The number of thiazole rings is 1. The summed E-state index contributed by atoms with van der Waals surface area (Å²) >= 11 is 1.58. The van der Waals surface area contributed by atoms with Crippen molar-refractivity contribution in [3.8, 4) is 0 Å². The lowest BCUT2D eigenvalue weighted by molar-refractivity contribution is -0.120. The lowest BCUT2D eigenvalue weighted by atomic mass is 10.2. The Balaban J connectivity index is 1.84. The highest BCUT2D eigenvalue weighted by Crippen LogP contribution is 2.19. The summed E-state index contributed by atoms with van der Waals surface area (Å²) in [6, 6.07) is 6.10. The molecule has 1 aromatic carbocycles. The number of carbonyl (C=O) groups excluding carboxylic acids is 1. The number of amides is 1. The number of benzene rings is 1. The summed E-state index contributed by atoms with van der Waals surface area (Å²) in [5, 5.41) is 5.78. The van der Waals surface area contributed by atoms with E-state index in [0.29, 0.717) is 12.5 Å². The summed E-state index contributed by atoms with van der Waals surface area (Å²) in [7, 11) is 0. The van der Waals surface area contributed by atoms with Gasteiger partial charge in [0.25, 0.3) is 0 Å². The zero-order valence-corrected chi connectivity index (χ0v) is 12.3. The summed E-state index contributed by atoms with van der Waals surface area (Å²) in [4.78, 5) is 16.2. The fraction of sp³-hybridized carbons (Fsp3) is 0.333. The quantitative estimate of drug-likeness (QED) is 0.919. The lowest BCUT2D eigenvalue weighted by Gasteiger charge is -2.04. The van der Waals surface area contributed by atoms with Crippen LogP contribution in [0.3, 0.4) is 0 Å². The van der Waals surface area contributed by atoms with Crippen molar-refractivity contribution in [1.29, 1.82) is 0 Å². The molecule has 0 spiro atoms. The molecule has 0 aliphatic carbocycles. The van der Waals surface area contributed by atoms with E-state index in [1.165, 1.54) is 12.1 Å². The van der Waals surface area contributed by atoms with Crippen LogP contribution in [0.5, 0.6) is 0 Å². The number of aromatic nitrogens is 1. The second kappa shape index (κ2) is 6.61. The van der Waals surface area contributed by atoms with E-state index in [-0.39, 0.29) is 18.1 Å². The van der Waals surface area contributed by atoms with Gasteiger partial charge >= 0.3 is 0 Å². The van der Waals surface area contributed by atoms with Gasteiger partial charge in [-0.2, -0.15) is 0 Å². The first-order chi connectivity index (χ1) is 9.54. The maximum Gasteiger partial charge on any atom is 0.226 e. The molecule has 1 amide bonds. The third-order valence-electron chi connectivity index (χ3n) is 2.81. The molecule has 0 saturated carbocycles. The molecule has 1 N–H and O–H groups in total. The molecule has 1 heterocycles. The molecule has 0 aliphatic rings. The van der Waals surface area contributed by atoms with Crippen LogP contribution in [0.15, 0.2) is 29.6 Å². The van der Waals surface area contributed by atoms with Crippen LogP contribution in [0.4, 0.5) is 4.39 Å². The minimum Gasteiger partial charge on any atom is -0.352 e. The Labute approximate surface area is 121 Å². The fourth-order valence-electron chi connectivity index (χ4n) is 1.70. The molecule has 20 heavy (non-hydrogen) atoms. The first kappa shape index (κ1) is 14.7. The van der Waals surface area contributed by atoms with Crippen LogP contribution in [0.2, 0.25) is 0 Å². The van der Waals surface area contributed by atoms with Crippen molar-refractivity contribution in [2.24, 2.45) is 0 Å². The highest BCUT2D eigenvalue weighted by molar-refractivity contribution is 7.09. The Bertz CT molecular complexity index is 578. The minimum atomic E-state index is -0.274. The molecule has 5 heteroatoms. The molecule has 0 bridgehead atoms. The van der Waals surface area contributed by atoms with Crippen molar-refractivity contribution in [2.45, 2.75) is 32.7 Å². The van der Waals surface area contributed by atoms with E-state index in [0.717, 1.165) is 16.3 Å². The molecule has 106 valence electrons. The molecule has 0 aliphatic heterocycles. The molecule has 0 saturated heterocycles. The molecule has 0 fully saturated rings. The molecule has 1 aromatic heterocycles. The highest BCUT2D eigenvalue weighted by atomic mass is 32.1. The van der Waals surface area contributed by atoms with Gasteiger partial charge in [0.05, 0.1) is 17.1 Å². The van der Waals surface area contributed by atoms with Crippen LogP contribution >= 0.6 is 11.3 Å². The molecule has 0 radical (unpaired) electrons. The van der Waals surface area contributed by atoms with Gasteiger partial charge in [-0.05, 0) is 17.7 Å². The third-order valence-corrected chi connectivity index (χ3v) is 4.00. The average Bonchev–Trinajstić information content (AvgIpc) is 2.87. The predicted molar refractivity (Wildman–Crippen MR) is 78.2 cm³/mol. The molecular formula is C15H17FN2OS. The Kier molecular flexibility index (Phi) is 4.84. The lowest BCUT2D eigenvalue weighted by Crippen LogP contribution is -2.24. The average molecular weight is 292 g/mol. The number of nitrogens with one attached hydrogen (secondary N) is 1. The summed E-state index contributed by atoms with van der Waals surface area (Å²) in [5.74, 6) is 0.0368. The zero-order valence-electron chi connectivity index (χ0n) is 11.5. The van der Waals surface area contributed by atoms with Crippen LogP contribution in [-0.2, 0) is 17.8 Å². The second-order valence-electron chi connectivity index (χ2n) is 4.91. The van der Waals surface area contributed by atoms with E-state index >= 15 is 0 Å². The number of hydrogen-bond acceptors (Lipinski definition) is 3. The van der Waals surface area contributed by atoms with Gasteiger partial charge in [-0.25, -0.2) is 9.37 Å². The van der Waals surface area contributed by atoms with Crippen LogP contribution in [0.1, 0.15) is 36.0 Å². The Morgan fingerprint density at radius 1 is 1.35 bits per heavy atom. The molecular weight excluding hydrogens is 275 g/mol. The summed E-state index contributed by atoms with van der Waals surface area (Å²) in [6.07, 6.45) is 0.282. The molecule has 3 nitrogen and oxygen atoms in total. The first-order valence-electron chi connectivity index (χ1n) is 6.50. The van der Waals surface area contributed by atoms with Crippen LogP contribution in [0.25, 0.3) is 0 Å². The third kappa shape index (κ3) is 4.13. The Morgan fingerprint density at radius 3 is 2.65 bits per heavy atom. The summed E-state index contributed by atoms with van der Waals surface area (Å²) in [6.45, 7) is 4.56. The van der Waals surface area contributed by atoms with E-state index < -0.39 is 0 Å². The SMILES string of the molecule is CC(C)c1nc(CC(=O)NCc2ccc(F)cc2)cs1. The molecule has 0 atom stereocenters. The maximum atomic E-state index is 12.7. The molecule has 2 rings (SSSR count). The Hall–Kier alpha value is -1.75. The first-order valence-corrected chi connectivity index (χ1v) is 7.38. The predicted octanol–water partition coefficient (Wildman–Crippen LogP) is 3.26. The normalized spacial score (nSPS) is 10.8. The van der Waals surface area contributed by atoms with Crippen molar-refractivity contribution < 1.29 is 9.18 Å². The van der Waals surface area contributed by atoms with Crippen LogP contribution in [0, 0.1) is 5.82 Å². The smallest absolute Gasteiger partial charge is 0.226 e. The fourth-order valence-corrected chi connectivity index (χ4v) is 2.53. The number of rotatable bonds is 5. The van der Waals surface area contributed by atoms with Gasteiger partial charge in [-0.15, -0.1) is 11.3 Å². The zero-order chi connectivity index (χ0) is 14.5. The van der Waals surface area contributed by atoms with Gasteiger partial charge in [0.2, 0.25) is 5.91 Å². The van der Waals surface area contributed by atoms with Gasteiger partial charge in [0.15, 0.2) is 0 Å². The van der Waals surface area contributed by atoms with E-state index in [9.17, 15) is 9.18 Å². The molecule has 2 aromatic rings. The van der Waals surface area contributed by atoms with Crippen LogP contribution < -0.4 is 5.32 Å². The van der Waals surface area contributed by atoms with Gasteiger partial charge in [-0.1, -0.05) is 26.0 Å². The van der Waals surface area contributed by atoms with Crippen molar-refractivity contribution >= 4 is 17.2 Å².